The van der Waals surface area contributed by atoms with E-state index in [4.69, 9.17) is 0 Å². The number of para-hydroxylation sites is 1. The molecule has 1 heterocycles. The van der Waals surface area contributed by atoms with Crippen LogP contribution in [0, 0.1) is 0 Å². The molecule has 0 spiro atoms. The van der Waals surface area contributed by atoms with Gasteiger partial charge >= 0.3 is 0 Å². The van der Waals surface area contributed by atoms with Crippen LogP contribution in [0.5, 0.6) is 0 Å². The summed E-state index contributed by atoms with van der Waals surface area (Å²) in [6.07, 6.45) is 4.19. The van der Waals surface area contributed by atoms with Crippen LogP contribution >= 0.6 is 0 Å². The number of amides is 3. The van der Waals surface area contributed by atoms with Gasteiger partial charge in [-0.1, -0.05) is 25.0 Å². The fourth-order valence-corrected chi connectivity index (χ4v) is 3.00. The van der Waals surface area contributed by atoms with Gasteiger partial charge in [0, 0.05) is 6.04 Å². The zero-order valence-electron chi connectivity index (χ0n) is 12.2. The first-order chi connectivity index (χ1) is 10.6. The minimum Gasteiger partial charge on any atom is -0.353 e. The van der Waals surface area contributed by atoms with Gasteiger partial charge in [-0.3, -0.25) is 14.4 Å². The Morgan fingerprint density at radius 1 is 1.18 bits per heavy atom. The molecule has 0 radical (unpaired) electrons. The molecule has 1 aromatic rings. The Kier molecular flexibility index (Phi) is 4.09. The number of fused-ring (bicyclic) bond motifs is 1. The van der Waals surface area contributed by atoms with Crippen molar-refractivity contribution in [1.29, 1.82) is 0 Å². The highest BCUT2D eigenvalue weighted by Gasteiger charge is 2.30. The third-order valence-corrected chi connectivity index (χ3v) is 4.16. The molecule has 22 heavy (non-hydrogen) atoms. The maximum absolute atomic E-state index is 12.2. The largest absolute Gasteiger partial charge is 0.353 e. The molecular formula is C16H19N3O3. The van der Waals surface area contributed by atoms with Gasteiger partial charge in [-0.05, 0) is 25.0 Å². The van der Waals surface area contributed by atoms with Crippen LogP contribution in [0.2, 0.25) is 0 Å². The molecule has 3 amide bonds. The molecular weight excluding hydrogens is 282 g/mol. The molecule has 1 aliphatic carbocycles. The van der Waals surface area contributed by atoms with Crippen molar-refractivity contribution in [2.75, 3.05) is 5.32 Å². The smallest absolute Gasteiger partial charge is 0.254 e. The van der Waals surface area contributed by atoms with E-state index < -0.39 is 6.04 Å². The zero-order valence-corrected chi connectivity index (χ0v) is 12.2. The molecule has 0 unspecified atom stereocenters. The fraction of sp³-hybridized carbons (Fsp3) is 0.438. The van der Waals surface area contributed by atoms with E-state index in [0.29, 0.717) is 11.3 Å². The third kappa shape index (κ3) is 3.10. The molecule has 0 aromatic heterocycles. The van der Waals surface area contributed by atoms with Crippen LogP contribution in [-0.4, -0.2) is 29.8 Å². The second kappa shape index (κ2) is 6.17. The SMILES string of the molecule is O=C(C[C@H]1NC(=O)c2ccccc2NC1=O)NC1CCCC1. The second-order valence-electron chi connectivity index (χ2n) is 5.81. The van der Waals surface area contributed by atoms with Crippen LogP contribution < -0.4 is 16.0 Å². The second-order valence-corrected chi connectivity index (χ2v) is 5.81. The monoisotopic (exact) mass is 301 g/mol. The number of carbonyl (C=O) groups excluding carboxylic acids is 3. The number of rotatable bonds is 3. The van der Waals surface area contributed by atoms with Gasteiger partial charge in [0.25, 0.3) is 5.91 Å². The van der Waals surface area contributed by atoms with Crippen LogP contribution in [-0.2, 0) is 9.59 Å². The van der Waals surface area contributed by atoms with Crippen LogP contribution in [0.15, 0.2) is 24.3 Å². The molecule has 116 valence electrons. The zero-order chi connectivity index (χ0) is 15.5. The van der Waals surface area contributed by atoms with E-state index in [1.54, 1.807) is 24.3 Å². The van der Waals surface area contributed by atoms with Gasteiger partial charge in [-0.2, -0.15) is 0 Å². The molecule has 2 aliphatic rings. The van der Waals surface area contributed by atoms with E-state index in [-0.39, 0.29) is 30.2 Å². The maximum atomic E-state index is 12.2. The maximum Gasteiger partial charge on any atom is 0.254 e. The van der Waals surface area contributed by atoms with Gasteiger partial charge in [0.05, 0.1) is 17.7 Å². The van der Waals surface area contributed by atoms with Gasteiger partial charge in [0.15, 0.2) is 0 Å². The molecule has 3 rings (SSSR count). The first-order valence-electron chi connectivity index (χ1n) is 7.63. The van der Waals surface area contributed by atoms with Crippen molar-refractivity contribution < 1.29 is 14.4 Å². The van der Waals surface area contributed by atoms with Crippen LogP contribution in [0.3, 0.4) is 0 Å². The lowest BCUT2D eigenvalue weighted by atomic mass is 10.1. The Labute approximate surface area is 128 Å². The van der Waals surface area contributed by atoms with Gasteiger partial charge in [-0.25, -0.2) is 0 Å². The summed E-state index contributed by atoms with van der Waals surface area (Å²) in [6, 6.07) is 6.16. The van der Waals surface area contributed by atoms with E-state index in [9.17, 15) is 14.4 Å². The molecule has 6 nitrogen and oxygen atoms in total. The molecule has 3 N–H and O–H groups in total. The van der Waals surface area contributed by atoms with E-state index >= 15 is 0 Å². The molecule has 1 fully saturated rings. The average molecular weight is 301 g/mol. The van der Waals surface area contributed by atoms with Crippen molar-refractivity contribution in [1.82, 2.24) is 10.6 Å². The summed E-state index contributed by atoms with van der Waals surface area (Å²) in [4.78, 5) is 36.4. The van der Waals surface area contributed by atoms with E-state index in [2.05, 4.69) is 16.0 Å². The first kappa shape index (κ1) is 14.6. The number of hydrogen-bond donors (Lipinski definition) is 3. The molecule has 6 heteroatoms. The quantitative estimate of drug-likeness (QED) is 0.783. The normalized spacial score (nSPS) is 21.5. The molecule has 1 aromatic carbocycles. The number of carbonyl (C=O) groups is 3. The summed E-state index contributed by atoms with van der Waals surface area (Å²) in [5.41, 5.74) is 0.887. The number of anilines is 1. The lowest BCUT2D eigenvalue weighted by Gasteiger charge is -2.16. The molecule has 1 aliphatic heterocycles. The molecule has 0 saturated heterocycles. The predicted molar refractivity (Wildman–Crippen MR) is 81.3 cm³/mol. The van der Waals surface area contributed by atoms with Crippen molar-refractivity contribution >= 4 is 23.4 Å². The van der Waals surface area contributed by atoms with Crippen molar-refractivity contribution in [3.8, 4) is 0 Å². The van der Waals surface area contributed by atoms with E-state index in [1.165, 1.54) is 0 Å². The Hall–Kier alpha value is -2.37. The predicted octanol–water partition coefficient (Wildman–Crippen LogP) is 1.19. The Morgan fingerprint density at radius 3 is 2.68 bits per heavy atom. The fourth-order valence-electron chi connectivity index (χ4n) is 3.00. The summed E-state index contributed by atoms with van der Waals surface area (Å²) in [6.45, 7) is 0. The van der Waals surface area contributed by atoms with E-state index in [0.717, 1.165) is 25.7 Å². The molecule has 0 bridgehead atoms. The lowest BCUT2D eigenvalue weighted by Crippen LogP contribution is -2.45. The van der Waals surface area contributed by atoms with Gasteiger partial charge in [0.1, 0.15) is 6.04 Å². The highest BCUT2D eigenvalue weighted by Crippen LogP contribution is 2.20. The first-order valence-corrected chi connectivity index (χ1v) is 7.63. The highest BCUT2D eigenvalue weighted by molar-refractivity contribution is 6.10. The highest BCUT2D eigenvalue weighted by atomic mass is 16.2. The van der Waals surface area contributed by atoms with Crippen LogP contribution in [0.4, 0.5) is 5.69 Å². The minimum atomic E-state index is -0.846. The standard InChI is InChI=1S/C16H19N3O3/c20-14(17-10-5-1-2-6-10)9-13-16(22)18-12-8-4-3-7-11(12)15(21)19-13/h3-4,7-8,10,13H,1-2,5-6,9H2,(H,17,20)(H,18,22)(H,19,21)/t13-/m1/s1. The van der Waals surface area contributed by atoms with E-state index in [1.807, 2.05) is 0 Å². The van der Waals surface area contributed by atoms with Gasteiger partial charge in [0.2, 0.25) is 11.8 Å². The Morgan fingerprint density at radius 2 is 1.91 bits per heavy atom. The summed E-state index contributed by atoms with van der Waals surface area (Å²) < 4.78 is 0. The summed E-state index contributed by atoms with van der Waals surface area (Å²) >= 11 is 0. The average Bonchev–Trinajstić information content (AvgIpc) is 2.95. The van der Waals surface area contributed by atoms with Crippen molar-refractivity contribution in [2.24, 2.45) is 0 Å². The van der Waals surface area contributed by atoms with Crippen LogP contribution in [0.25, 0.3) is 0 Å². The molecule has 1 saturated carbocycles. The number of hydrogen-bond acceptors (Lipinski definition) is 3. The lowest BCUT2D eigenvalue weighted by molar-refractivity contribution is -0.126. The molecule has 1 atom stereocenters. The number of benzene rings is 1. The summed E-state index contributed by atoms with van der Waals surface area (Å²) in [7, 11) is 0. The van der Waals surface area contributed by atoms with Crippen molar-refractivity contribution in [2.45, 2.75) is 44.2 Å². The van der Waals surface area contributed by atoms with Gasteiger partial charge in [-0.15, -0.1) is 0 Å². The summed E-state index contributed by atoms with van der Waals surface area (Å²) in [5.74, 6) is -0.897. The third-order valence-electron chi connectivity index (χ3n) is 4.16. The van der Waals surface area contributed by atoms with Crippen molar-refractivity contribution in [3.63, 3.8) is 0 Å². The minimum absolute atomic E-state index is 0.0396. The summed E-state index contributed by atoms with van der Waals surface area (Å²) in [5, 5.41) is 8.26. The Bertz CT molecular complexity index is 608. The Balaban J connectivity index is 1.66. The van der Waals surface area contributed by atoms with Gasteiger partial charge < -0.3 is 16.0 Å². The number of nitrogens with one attached hydrogen (secondary N) is 3. The van der Waals surface area contributed by atoms with Crippen LogP contribution in [0.1, 0.15) is 42.5 Å². The topological polar surface area (TPSA) is 87.3 Å². The van der Waals surface area contributed by atoms with Crippen molar-refractivity contribution in [3.05, 3.63) is 29.8 Å².